The number of thioether (sulfide) groups is 1. The summed E-state index contributed by atoms with van der Waals surface area (Å²) in [5.41, 5.74) is 5.04. The highest BCUT2D eigenvalue weighted by atomic mass is 79.9. The van der Waals surface area contributed by atoms with Crippen molar-refractivity contribution in [2.24, 2.45) is 5.10 Å². The van der Waals surface area contributed by atoms with Gasteiger partial charge in [-0.25, -0.2) is 5.43 Å². The highest BCUT2D eigenvalue weighted by Gasteiger charge is 2.17. The first kappa shape index (κ1) is 24.4. The Hall–Kier alpha value is -3.70. The van der Waals surface area contributed by atoms with Gasteiger partial charge in [-0.3, -0.25) is 14.3 Å². The minimum absolute atomic E-state index is 0.105. The summed E-state index contributed by atoms with van der Waals surface area (Å²) in [4.78, 5) is 16.5. The highest BCUT2D eigenvalue weighted by molar-refractivity contribution is 9.10. The first-order valence-electron chi connectivity index (χ1n) is 10.4. The molecule has 0 aliphatic carbocycles. The largest absolute Gasteiger partial charge is 0.493 e. The second-order valence-electron chi connectivity index (χ2n) is 7.05. The molecule has 4 aromatic rings. The van der Waals surface area contributed by atoms with Gasteiger partial charge in [0.1, 0.15) is 0 Å². The zero-order valence-corrected chi connectivity index (χ0v) is 21.3. The Labute approximate surface area is 214 Å². The van der Waals surface area contributed by atoms with Gasteiger partial charge in [0, 0.05) is 28.1 Å². The molecule has 0 bridgehead atoms. The van der Waals surface area contributed by atoms with E-state index in [1.54, 1.807) is 38.7 Å². The number of rotatable bonds is 9. The number of hydrazone groups is 1. The number of pyridine rings is 1. The predicted octanol–water partition coefficient (Wildman–Crippen LogP) is 4.35. The van der Waals surface area contributed by atoms with E-state index in [1.165, 1.54) is 18.0 Å². The molecule has 35 heavy (non-hydrogen) atoms. The Morgan fingerprint density at radius 2 is 1.80 bits per heavy atom. The summed E-state index contributed by atoms with van der Waals surface area (Å²) in [5.74, 6) is 1.68. The molecule has 4 rings (SSSR count). The van der Waals surface area contributed by atoms with Crippen LogP contribution in [0.5, 0.6) is 11.5 Å². The number of methoxy groups -OCH3 is 2. The van der Waals surface area contributed by atoms with Crippen LogP contribution in [0.2, 0.25) is 0 Å². The maximum atomic E-state index is 12.4. The molecule has 1 amide bonds. The lowest BCUT2D eigenvalue weighted by atomic mass is 10.2. The van der Waals surface area contributed by atoms with E-state index in [9.17, 15) is 4.79 Å². The van der Waals surface area contributed by atoms with E-state index in [4.69, 9.17) is 9.47 Å². The number of nitrogens with zero attached hydrogens (tertiary/aromatic N) is 5. The molecule has 178 valence electrons. The molecule has 0 spiro atoms. The molecule has 11 heteroatoms. The van der Waals surface area contributed by atoms with Crippen molar-refractivity contribution in [2.45, 2.75) is 5.16 Å². The number of carbonyl (C=O) groups is 1. The third-order valence-corrected chi connectivity index (χ3v) is 6.26. The van der Waals surface area contributed by atoms with E-state index < -0.39 is 0 Å². The molecule has 0 saturated carbocycles. The summed E-state index contributed by atoms with van der Waals surface area (Å²) in [6, 6.07) is 16.9. The van der Waals surface area contributed by atoms with Crippen molar-refractivity contribution >= 4 is 39.8 Å². The van der Waals surface area contributed by atoms with Crippen molar-refractivity contribution in [3.8, 4) is 28.6 Å². The van der Waals surface area contributed by atoms with Crippen molar-refractivity contribution in [2.75, 3.05) is 20.0 Å². The quantitative estimate of drug-likeness (QED) is 0.187. The van der Waals surface area contributed by atoms with Gasteiger partial charge in [0.25, 0.3) is 5.91 Å². The van der Waals surface area contributed by atoms with Gasteiger partial charge in [0.15, 0.2) is 22.5 Å². The molecule has 0 atom stereocenters. The number of aromatic nitrogens is 4. The van der Waals surface area contributed by atoms with Gasteiger partial charge >= 0.3 is 0 Å². The summed E-state index contributed by atoms with van der Waals surface area (Å²) in [5, 5.41) is 13.3. The monoisotopic (exact) mass is 552 g/mol. The lowest BCUT2D eigenvalue weighted by Crippen LogP contribution is -2.20. The first-order chi connectivity index (χ1) is 17.1. The molecule has 2 aromatic heterocycles. The third kappa shape index (κ3) is 6.06. The van der Waals surface area contributed by atoms with Crippen LogP contribution in [0.3, 0.4) is 0 Å². The Morgan fingerprint density at radius 1 is 1.06 bits per heavy atom. The lowest BCUT2D eigenvalue weighted by molar-refractivity contribution is -0.118. The number of ether oxygens (including phenoxy) is 2. The van der Waals surface area contributed by atoms with Crippen LogP contribution in [0.15, 0.2) is 81.7 Å². The third-order valence-electron chi connectivity index (χ3n) is 4.80. The van der Waals surface area contributed by atoms with Gasteiger partial charge in [-0.1, -0.05) is 27.7 Å². The van der Waals surface area contributed by atoms with Crippen molar-refractivity contribution in [3.05, 3.63) is 77.0 Å². The van der Waals surface area contributed by atoms with Gasteiger partial charge in [0.2, 0.25) is 0 Å². The van der Waals surface area contributed by atoms with Gasteiger partial charge in [-0.2, -0.15) is 5.10 Å². The summed E-state index contributed by atoms with van der Waals surface area (Å²) < 4.78 is 13.4. The maximum absolute atomic E-state index is 12.4. The zero-order valence-electron chi connectivity index (χ0n) is 18.9. The fourth-order valence-electron chi connectivity index (χ4n) is 3.15. The van der Waals surface area contributed by atoms with Crippen LogP contribution in [0.1, 0.15) is 5.56 Å². The molecule has 0 saturated heterocycles. The maximum Gasteiger partial charge on any atom is 0.250 e. The Bertz CT molecular complexity index is 1330. The smallest absolute Gasteiger partial charge is 0.250 e. The molecular formula is C24H21BrN6O3S. The number of benzene rings is 2. The Kier molecular flexibility index (Phi) is 8.11. The summed E-state index contributed by atoms with van der Waals surface area (Å²) in [7, 11) is 3.13. The second kappa shape index (κ2) is 11.6. The van der Waals surface area contributed by atoms with Crippen molar-refractivity contribution < 1.29 is 14.3 Å². The average Bonchev–Trinajstić information content (AvgIpc) is 3.32. The zero-order chi connectivity index (χ0) is 24.6. The fraction of sp³-hybridized carbons (Fsp3) is 0.125. The molecule has 1 N–H and O–H groups in total. The average molecular weight is 553 g/mol. The fourth-order valence-corrected chi connectivity index (χ4v) is 4.16. The number of hydrogen-bond acceptors (Lipinski definition) is 8. The van der Waals surface area contributed by atoms with E-state index >= 15 is 0 Å². The van der Waals surface area contributed by atoms with Gasteiger partial charge in [-0.15, -0.1) is 10.2 Å². The predicted molar refractivity (Wildman–Crippen MR) is 138 cm³/mol. The van der Waals surface area contributed by atoms with E-state index in [1.807, 2.05) is 47.0 Å². The summed E-state index contributed by atoms with van der Waals surface area (Å²) in [6.45, 7) is 0. The van der Waals surface area contributed by atoms with Crippen molar-refractivity contribution in [1.82, 2.24) is 25.2 Å². The molecule has 0 fully saturated rings. The van der Waals surface area contributed by atoms with E-state index in [0.29, 0.717) is 22.5 Å². The molecule has 2 heterocycles. The van der Waals surface area contributed by atoms with Crippen LogP contribution in [-0.2, 0) is 4.79 Å². The van der Waals surface area contributed by atoms with E-state index in [2.05, 4.69) is 41.6 Å². The number of hydrogen-bond donors (Lipinski definition) is 1. The molecular weight excluding hydrogens is 532 g/mol. The molecule has 0 aliphatic rings. The minimum Gasteiger partial charge on any atom is -0.493 e. The van der Waals surface area contributed by atoms with Gasteiger partial charge in [0.05, 0.1) is 26.2 Å². The topological polar surface area (TPSA) is 104 Å². The van der Waals surface area contributed by atoms with Gasteiger partial charge in [-0.05, 0) is 60.2 Å². The number of nitrogens with one attached hydrogen (secondary N) is 1. The second-order valence-corrected chi connectivity index (χ2v) is 8.91. The van der Waals surface area contributed by atoms with E-state index in [-0.39, 0.29) is 11.7 Å². The molecule has 0 radical (unpaired) electrons. The molecule has 2 aromatic carbocycles. The number of amides is 1. The van der Waals surface area contributed by atoms with Gasteiger partial charge < -0.3 is 9.47 Å². The highest BCUT2D eigenvalue weighted by Crippen LogP contribution is 2.29. The SMILES string of the molecule is COc1ccc(C=NNC(=O)CSc2nnc(-c3ccncc3)n2-c2ccc(Br)cc2)cc1OC. The summed E-state index contributed by atoms with van der Waals surface area (Å²) in [6.07, 6.45) is 4.94. The Balaban J connectivity index is 1.46. The van der Waals surface area contributed by atoms with Crippen LogP contribution in [-0.4, -0.2) is 51.8 Å². The van der Waals surface area contributed by atoms with Crippen LogP contribution >= 0.6 is 27.7 Å². The first-order valence-corrected chi connectivity index (χ1v) is 12.2. The normalized spacial score (nSPS) is 10.9. The number of halogens is 1. The number of carbonyl (C=O) groups excluding carboxylic acids is 1. The standard InChI is InChI=1S/C24H21BrN6O3S/c1-33-20-8-3-16(13-21(20)34-2)14-27-28-22(32)15-35-24-30-29-23(17-9-11-26-12-10-17)31(24)19-6-4-18(25)5-7-19/h3-14H,15H2,1-2H3,(H,28,32). The molecule has 0 unspecified atom stereocenters. The van der Waals surface area contributed by atoms with Crippen molar-refractivity contribution in [3.63, 3.8) is 0 Å². The minimum atomic E-state index is -0.275. The van der Waals surface area contributed by atoms with Crippen LogP contribution in [0.25, 0.3) is 17.1 Å². The van der Waals surface area contributed by atoms with Crippen LogP contribution in [0, 0.1) is 0 Å². The van der Waals surface area contributed by atoms with Crippen LogP contribution in [0.4, 0.5) is 0 Å². The molecule has 0 aliphatic heterocycles. The molecule has 9 nitrogen and oxygen atoms in total. The van der Waals surface area contributed by atoms with E-state index in [0.717, 1.165) is 21.3 Å². The lowest BCUT2D eigenvalue weighted by Gasteiger charge is -2.10. The summed E-state index contributed by atoms with van der Waals surface area (Å²) >= 11 is 4.73. The van der Waals surface area contributed by atoms with Crippen molar-refractivity contribution in [1.29, 1.82) is 0 Å². The Morgan fingerprint density at radius 3 is 2.51 bits per heavy atom. The van der Waals surface area contributed by atoms with Crippen LogP contribution < -0.4 is 14.9 Å².